The van der Waals surface area contributed by atoms with Crippen molar-refractivity contribution in [2.75, 3.05) is 24.5 Å². The van der Waals surface area contributed by atoms with Crippen LogP contribution in [-0.2, 0) is 6.18 Å². The van der Waals surface area contributed by atoms with Gasteiger partial charge >= 0.3 is 6.18 Å². The number of benzene rings is 1. The number of unbranched alkanes of at least 4 members (excludes halogenated alkanes) is 1. The Bertz CT molecular complexity index is 884. The molecule has 3 rings (SSSR count). The van der Waals surface area contributed by atoms with E-state index in [0.717, 1.165) is 24.5 Å². The van der Waals surface area contributed by atoms with Crippen LogP contribution in [0.5, 0.6) is 0 Å². The van der Waals surface area contributed by atoms with E-state index >= 15 is 0 Å². The lowest BCUT2D eigenvalue weighted by Crippen LogP contribution is -2.32. The zero-order valence-electron chi connectivity index (χ0n) is 16.9. The molecular weight excluding hydrogens is 393 g/mol. The van der Waals surface area contributed by atoms with Crippen molar-refractivity contribution < 1.29 is 18.0 Å². The van der Waals surface area contributed by atoms with E-state index in [1.807, 2.05) is 4.90 Å². The van der Waals surface area contributed by atoms with Gasteiger partial charge in [0.2, 0.25) is 0 Å². The number of nitrogens with one attached hydrogen (secondary N) is 1. The van der Waals surface area contributed by atoms with E-state index in [9.17, 15) is 18.0 Å². The summed E-state index contributed by atoms with van der Waals surface area (Å²) >= 11 is 0. The lowest BCUT2D eigenvalue weighted by molar-refractivity contribution is -0.137. The number of aromatic nitrogens is 2. The van der Waals surface area contributed by atoms with Crippen LogP contribution < -0.4 is 10.2 Å². The third kappa shape index (κ3) is 5.58. The highest BCUT2D eigenvalue weighted by molar-refractivity contribution is 5.92. The number of carbonyl (C=O) groups is 1. The van der Waals surface area contributed by atoms with Crippen LogP contribution in [0.2, 0.25) is 0 Å². The largest absolute Gasteiger partial charge is 0.416 e. The topological polar surface area (TPSA) is 58.1 Å². The van der Waals surface area contributed by atoms with Crippen LogP contribution in [0.15, 0.2) is 42.0 Å². The number of alkyl halides is 3. The summed E-state index contributed by atoms with van der Waals surface area (Å²) in [7, 11) is 0. The Hall–Kier alpha value is -2.90. The molecule has 0 saturated carbocycles. The monoisotopic (exact) mass is 418 g/mol. The molecule has 0 spiro atoms. The van der Waals surface area contributed by atoms with Gasteiger partial charge in [0, 0.05) is 19.6 Å². The Labute approximate surface area is 174 Å². The predicted molar refractivity (Wildman–Crippen MR) is 110 cm³/mol. The molecule has 1 aromatic heterocycles. The van der Waals surface area contributed by atoms with Gasteiger partial charge in [0.05, 0.1) is 5.56 Å². The van der Waals surface area contributed by atoms with E-state index in [0.29, 0.717) is 38.3 Å². The number of rotatable bonds is 6. The van der Waals surface area contributed by atoms with Crippen LogP contribution in [-0.4, -0.2) is 35.7 Å². The fraction of sp³-hybridized carbons (Fsp3) is 0.409. The standard InChI is InChI=1S/C22H25F3N4O/c1-2-3-12-26-21(30)19-8-9-20(28-27-19)29-13-10-16(11-14-29)15-17-6-4-5-7-18(17)22(23,24)25/h4-9,15H,2-3,10-14H2,1H3,(H,26,30). The molecule has 5 nitrogen and oxygen atoms in total. The van der Waals surface area contributed by atoms with Gasteiger partial charge in [0.1, 0.15) is 0 Å². The first-order valence-electron chi connectivity index (χ1n) is 10.1. The number of amides is 1. The van der Waals surface area contributed by atoms with Crippen molar-refractivity contribution in [2.45, 2.75) is 38.8 Å². The molecule has 2 aromatic rings. The molecule has 1 aliphatic rings. The molecule has 0 aliphatic carbocycles. The summed E-state index contributed by atoms with van der Waals surface area (Å²) in [5.74, 6) is 0.421. The van der Waals surface area contributed by atoms with Gasteiger partial charge < -0.3 is 10.2 Å². The fourth-order valence-corrected chi connectivity index (χ4v) is 3.35. The normalized spacial score (nSPS) is 14.5. The third-order valence-electron chi connectivity index (χ3n) is 5.05. The first kappa shape index (κ1) is 21.8. The maximum absolute atomic E-state index is 13.2. The summed E-state index contributed by atoms with van der Waals surface area (Å²) in [6, 6.07) is 9.03. The zero-order valence-corrected chi connectivity index (χ0v) is 16.9. The first-order valence-corrected chi connectivity index (χ1v) is 10.1. The van der Waals surface area contributed by atoms with E-state index in [-0.39, 0.29) is 17.2 Å². The minimum absolute atomic E-state index is 0.201. The van der Waals surface area contributed by atoms with Gasteiger partial charge in [0.25, 0.3) is 5.91 Å². The first-order chi connectivity index (χ1) is 14.4. The molecule has 0 radical (unpaired) electrons. The molecule has 30 heavy (non-hydrogen) atoms. The van der Waals surface area contributed by atoms with Crippen molar-refractivity contribution >= 4 is 17.8 Å². The highest BCUT2D eigenvalue weighted by atomic mass is 19.4. The van der Waals surface area contributed by atoms with E-state index in [1.54, 1.807) is 24.3 Å². The Morgan fingerprint density at radius 1 is 1.13 bits per heavy atom. The van der Waals surface area contributed by atoms with Crippen molar-refractivity contribution in [3.8, 4) is 0 Å². The quantitative estimate of drug-likeness (QED) is 0.691. The van der Waals surface area contributed by atoms with Crippen molar-refractivity contribution in [2.24, 2.45) is 0 Å². The maximum atomic E-state index is 13.2. The zero-order chi connectivity index (χ0) is 21.6. The number of anilines is 1. The highest BCUT2D eigenvalue weighted by Gasteiger charge is 2.32. The molecule has 0 bridgehead atoms. The van der Waals surface area contributed by atoms with E-state index < -0.39 is 11.7 Å². The van der Waals surface area contributed by atoms with Gasteiger partial charge in [-0.05, 0) is 43.0 Å². The van der Waals surface area contributed by atoms with Crippen LogP contribution in [0.3, 0.4) is 0 Å². The number of carbonyl (C=O) groups excluding carboxylic acids is 1. The number of nitrogens with zero attached hydrogens (tertiary/aromatic N) is 3. The van der Waals surface area contributed by atoms with Crippen molar-refractivity contribution in [1.82, 2.24) is 15.5 Å². The SMILES string of the molecule is CCCCNC(=O)c1ccc(N2CCC(=Cc3ccccc3C(F)(F)F)CC2)nn1. The maximum Gasteiger partial charge on any atom is 0.416 e. The molecule has 1 fully saturated rings. The second kappa shape index (κ2) is 9.73. The van der Waals surface area contributed by atoms with E-state index in [2.05, 4.69) is 22.4 Å². The molecule has 0 atom stereocenters. The molecule has 1 saturated heterocycles. The Morgan fingerprint density at radius 3 is 2.50 bits per heavy atom. The summed E-state index contributed by atoms with van der Waals surface area (Å²) < 4.78 is 39.5. The summed E-state index contributed by atoms with van der Waals surface area (Å²) in [6.07, 6.45) is 0.483. The summed E-state index contributed by atoms with van der Waals surface area (Å²) in [5, 5.41) is 11.0. The van der Waals surface area contributed by atoms with Crippen LogP contribution in [0.1, 0.15) is 54.2 Å². The van der Waals surface area contributed by atoms with E-state index in [4.69, 9.17) is 0 Å². The molecule has 160 valence electrons. The highest BCUT2D eigenvalue weighted by Crippen LogP contribution is 2.33. The van der Waals surface area contributed by atoms with Crippen LogP contribution in [0.25, 0.3) is 6.08 Å². The molecule has 1 amide bonds. The van der Waals surface area contributed by atoms with Crippen LogP contribution in [0, 0.1) is 0 Å². The average Bonchev–Trinajstić information content (AvgIpc) is 2.74. The van der Waals surface area contributed by atoms with Crippen LogP contribution in [0.4, 0.5) is 19.0 Å². The number of halogens is 3. The number of hydrogen-bond acceptors (Lipinski definition) is 4. The molecule has 2 heterocycles. The van der Waals surface area contributed by atoms with Crippen molar-refractivity contribution in [3.63, 3.8) is 0 Å². The van der Waals surface area contributed by atoms with Gasteiger partial charge in [-0.3, -0.25) is 4.79 Å². The summed E-state index contributed by atoms with van der Waals surface area (Å²) in [4.78, 5) is 14.0. The second-order valence-corrected chi connectivity index (χ2v) is 7.26. The number of piperidine rings is 1. The molecular formula is C22H25F3N4O. The average molecular weight is 418 g/mol. The lowest BCUT2D eigenvalue weighted by Gasteiger charge is -2.29. The molecule has 1 N–H and O–H groups in total. The third-order valence-corrected chi connectivity index (χ3v) is 5.05. The minimum Gasteiger partial charge on any atom is -0.354 e. The number of hydrogen-bond donors (Lipinski definition) is 1. The van der Waals surface area contributed by atoms with Crippen LogP contribution >= 0.6 is 0 Å². The molecule has 1 aromatic carbocycles. The second-order valence-electron chi connectivity index (χ2n) is 7.26. The summed E-state index contributed by atoms with van der Waals surface area (Å²) in [5.41, 5.74) is 0.837. The fourth-order valence-electron chi connectivity index (χ4n) is 3.35. The summed E-state index contributed by atoms with van der Waals surface area (Å²) in [6.45, 7) is 3.93. The molecule has 1 aliphatic heterocycles. The lowest BCUT2D eigenvalue weighted by atomic mass is 9.98. The Balaban J connectivity index is 1.61. The Morgan fingerprint density at radius 2 is 1.87 bits per heavy atom. The Kier molecular flexibility index (Phi) is 7.07. The van der Waals surface area contributed by atoms with Gasteiger partial charge in [-0.15, -0.1) is 10.2 Å². The minimum atomic E-state index is -4.37. The van der Waals surface area contributed by atoms with Gasteiger partial charge in [-0.25, -0.2) is 0 Å². The molecule has 0 unspecified atom stereocenters. The van der Waals surface area contributed by atoms with Crippen molar-refractivity contribution in [3.05, 3.63) is 58.8 Å². The molecule has 8 heteroatoms. The van der Waals surface area contributed by atoms with E-state index in [1.165, 1.54) is 12.1 Å². The van der Waals surface area contributed by atoms with Gasteiger partial charge in [-0.1, -0.05) is 43.2 Å². The van der Waals surface area contributed by atoms with Gasteiger partial charge in [0.15, 0.2) is 11.5 Å². The van der Waals surface area contributed by atoms with Crippen molar-refractivity contribution in [1.29, 1.82) is 0 Å². The predicted octanol–water partition coefficient (Wildman–Crippen LogP) is 4.71. The smallest absolute Gasteiger partial charge is 0.354 e. The van der Waals surface area contributed by atoms with Gasteiger partial charge in [-0.2, -0.15) is 13.2 Å².